The summed E-state index contributed by atoms with van der Waals surface area (Å²) in [5.74, 6) is -2.50. The fourth-order valence-electron chi connectivity index (χ4n) is 1.32. The molecule has 2 aromatic rings. The standard InChI is InChI=1S/C11H9F2N3O2S/c1-7-4-5-14-11(15-7)16-19(17,18)8-2-3-9(12)10(13)6-8/h2-6H,1H3,(H,14,15,16). The number of halogens is 2. The van der Waals surface area contributed by atoms with Crippen LogP contribution in [0.25, 0.3) is 0 Å². The number of aromatic nitrogens is 2. The monoisotopic (exact) mass is 285 g/mol. The fourth-order valence-corrected chi connectivity index (χ4v) is 2.28. The Morgan fingerprint density at radius 1 is 1.16 bits per heavy atom. The first-order valence-electron chi connectivity index (χ1n) is 5.16. The summed E-state index contributed by atoms with van der Waals surface area (Å²) in [6, 6.07) is 3.88. The Morgan fingerprint density at radius 3 is 2.53 bits per heavy atom. The largest absolute Gasteiger partial charge is 0.264 e. The first-order valence-corrected chi connectivity index (χ1v) is 6.64. The highest BCUT2D eigenvalue weighted by atomic mass is 32.2. The highest BCUT2D eigenvalue weighted by Crippen LogP contribution is 2.16. The lowest BCUT2D eigenvalue weighted by Crippen LogP contribution is -2.15. The maximum absolute atomic E-state index is 13.0. The minimum atomic E-state index is -4.05. The fraction of sp³-hybridized carbons (Fsp3) is 0.0909. The van der Waals surface area contributed by atoms with Crippen molar-refractivity contribution in [2.75, 3.05) is 4.72 Å². The maximum Gasteiger partial charge on any atom is 0.264 e. The van der Waals surface area contributed by atoms with Crippen molar-refractivity contribution < 1.29 is 17.2 Å². The van der Waals surface area contributed by atoms with Crippen molar-refractivity contribution in [3.8, 4) is 0 Å². The second-order valence-electron chi connectivity index (χ2n) is 3.70. The highest BCUT2D eigenvalue weighted by molar-refractivity contribution is 7.92. The third kappa shape index (κ3) is 3.02. The van der Waals surface area contributed by atoms with Crippen LogP contribution in [0.5, 0.6) is 0 Å². The van der Waals surface area contributed by atoms with E-state index < -0.39 is 26.6 Å². The van der Waals surface area contributed by atoms with E-state index in [1.807, 2.05) is 0 Å². The Kier molecular flexibility index (Phi) is 3.43. The van der Waals surface area contributed by atoms with Gasteiger partial charge in [0.2, 0.25) is 5.95 Å². The van der Waals surface area contributed by atoms with Crippen molar-refractivity contribution in [3.05, 3.63) is 47.8 Å². The first kappa shape index (κ1) is 13.3. The number of nitrogens with zero attached hydrogens (tertiary/aromatic N) is 2. The van der Waals surface area contributed by atoms with E-state index in [0.29, 0.717) is 11.8 Å². The smallest absolute Gasteiger partial charge is 0.247 e. The molecule has 0 aliphatic heterocycles. The van der Waals surface area contributed by atoms with Crippen molar-refractivity contribution in [2.45, 2.75) is 11.8 Å². The molecule has 0 aliphatic carbocycles. The molecule has 8 heteroatoms. The van der Waals surface area contributed by atoms with Crippen LogP contribution in [0.3, 0.4) is 0 Å². The van der Waals surface area contributed by atoms with E-state index in [9.17, 15) is 17.2 Å². The molecular weight excluding hydrogens is 276 g/mol. The van der Waals surface area contributed by atoms with Gasteiger partial charge in [-0.1, -0.05) is 0 Å². The van der Waals surface area contributed by atoms with Gasteiger partial charge < -0.3 is 0 Å². The predicted molar refractivity (Wildman–Crippen MR) is 63.9 cm³/mol. The number of hydrogen-bond donors (Lipinski definition) is 1. The van der Waals surface area contributed by atoms with E-state index in [2.05, 4.69) is 14.7 Å². The molecule has 1 N–H and O–H groups in total. The quantitative estimate of drug-likeness (QED) is 0.934. The average Bonchev–Trinajstić information content (AvgIpc) is 2.32. The summed E-state index contributed by atoms with van der Waals surface area (Å²) < 4.78 is 51.6. The van der Waals surface area contributed by atoms with Gasteiger partial charge in [-0.25, -0.2) is 31.9 Å². The second kappa shape index (κ2) is 4.88. The van der Waals surface area contributed by atoms with E-state index in [0.717, 1.165) is 12.1 Å². The number of anilines is 1. The molecule has 1 aromatic heterocycles. The molecule has 2 rings (SSSR count). The second-order valence-corrected chi connectivity index (χ2v) is 5.39. The number of hydrogen-bond acceptors (Lipinski definition) is 4. The SMILES string of the molecule is Cc1ccnc(NS(=O)(=O)c2ccc(F)c(F)c2)n1. The summed E-state index contributed by atoms with van der Waals surface area (Å²) in [6.07, 6.45) is 1.38. The van der Waals surface area contributed by atoms with Crippen molar-refractivity contribution in [1.82, 2.24) is 9.97 Å². The van der Waals surface area contributed by atoms with Crippen LogP contribution in [0.15, 0.2) is 35.4 Å². The average molecular weight is 285 g/mol. The third-order valence-corrected chi connectivity index (χ3v) is 3.55. The number of benzene rings is 1. The van der Waals surface area contributed by atoms with Gasteiger partial charge in [0.15, 0.2) is 11.6 Å². The summed E-state index contributed by atoms with van der Waals surface area (Å²) in [4.78, 5) is 7.17. The molecule has 5 nitrogen and oxygen atoms in total. The van der Waals surface area contributed by atoms with Gasteiger partial charge >= 0.3 is 0 Å². The van der Waals surface area contributed by atoms with Crippen molar-refractivity contribution in [2.24, 2.45) is 0 Å². The number of aryl methyl sites for hydroxylation is 1. The van der Waals surface area contributed by atoms with Crippen LogP contribution in [-0.4, -0.2) is 18.4 Å². The lowest BCUT2D eigenvalue weighted by molar-refractivity contribution is 0.504. The van der Waals surface area contributed by atoms with E-state index in [1.54, 1.807) is 13.0 Å². The predicted octanol–water partition coefficient (Wildman–Crippen LogP) is 1.86. The molecule has 0 fully saturated rings. The summed E-state index contributed by atoms with van der Waals surface area (Å²) in [6.45, 7) is 1.66. The topological polar surface area (TPSA) is 72.0 Å². The minimum absolute atomic E-state index is 0.135. The van der Waals surface area contributed by atoms with Gasteiger partial charge in [0.1, 0.15) is 0 Å². The van der Waals surface area contributed by atoms with Crippen LogP contribution in [0.4, 0.5) is 14.7 Å². The van der Waals surface area contributed by atoms with E-state index >= 15 is 0 Å². The molecule has 0 saturated carbocycles. The molecule has 0 spiro atoms. The van der Waals surface area contributed by atoms with Crippen LogP contribution in [0.2, 0.25) is 0 Å². The van der Waals surface area contributed by atoms with Gasteiger partial charge in [-0.3, -0.25) is 0 Å². The Hall–Kier alpha value is -2.09. The molecular formula is C11H9F2N3O2S. The molecule has 0 radical (unpaired) electrons. The summed E-state index contributed by atoms with van der Waals surface area (Å²) in [7, 11) is -4.05. The zero-order valence-electron chi connectivity index (χ0n) is 9.76. The Morgan fingerprint density at radius 2 is 1.89 bits per heavy atom. The van der Waals surface area contributed by atoms with Crippen LogP contribution in [0, 0.1) is 18.6 Å². The van der Waals surface area contributed by atoms with Crippen molar-refractivity contribution in [1.29, 1.82) is 0 Å². The van der Waals surface area contributed by atoms with E-state index in [-0.39, 0.29) is 5.95 Å². The number of rotatable bonds is 3. The van der Waals surface area contributed by atoms with Crippen molar-refractivity contribution in [3.63, 3.8) is 0 Å². The number of nitrogens with one attached hydrogen (secondary N) is 1. The molecule has 0 saturated heterocycles. The van der Waals surface area contributed by atoms with Gasteiger partial charge in [-0.2, -0.15) is 0 Å². The van der Waals surface area contributed by atoms with Crippen molar-refractivity contribution >= 4 is 16.0 Å². The normalized spacial score (nSPS) is 11.3. The lowest BCUT2D eigenvalue weighted by Gasteiger charge is -2.07. The third-order valence-electron chi connectivity index (χ3n) is 2.22. The summed E-state index contributed by atoms with van der Waals surface area (Å²) >= 11 is 0. The molecule has 0 aliphatic rings. The Balaban J connectivity index is 2.35. The van der Waals surface area contributed by atoms with Crippen LogP contribution >= 0.6 is 0 Å². The molecule has 0 amide bonds. The lowest BCUT2D eigenvalue weighted by atomic mass is 10.3. The van der Waals surface area contributed by atoms with Gasteiger partial charge in [-0.15, -0.1) is 0 Å². The van der Waals surface area contributed by atoms with Gasteiger partial charge in [-0.05, 0) is 31.2 Å². The molecule has 1 heterocycles. The Labute approximate surface area is 108 Å². The van der Waals surface area contributed by atoms with Gasteiger partial charge in [0, 0.05) is 11.9 Å². The minimum Gasteiger partial charge on any atom is -0.247 e. The first-order chi connectivity index (χ1) is 8.88. The zero-order chi connectivity index (χ0) is 14.0. The van der Waals surface area contributed by atoms with E-state index in [1.165, 1.54) is 6.20 Å². The summed E-state index contributed by atoms with van der Waals surface area (Å²) in [5.41, 5.74) is 0.568. The highest BCUT2D eigenvalue weighted by Gasteiger charge is 2.17. The zero-order valence-corrected chi connectivity index (χ0v) is 10.6. The Bertz CT molecular complexity index is 720. The molecule has 19 heavy (non-hydrogen) atoms. The van der Waals surface area contributed by atoms with Crippen LogP contribution in [-0.2, 0) is 10.0 Å². The van der Waals surface area contributed by atoms with Crippen LogP contribution in [0.1, 0.15) is 5.69 Å². The summed E-state index contributed by atoms with van der Waals surface area (Å²) in [5, 5.41) is 0. The van der Waals surface area contributed by atoms with E-state index in [4.69, 9.17) is 0 Å². The van der Waals surface area contributed by atoms with Crippen LogP contribution < -0.4 is 4.72 Å². The maximum atomic E-state index is 13.0. The molecule has 0 unspecified atom stereocenters. The number of sulfonamides is 1. The molecule has 0 atom stereocenters. The van der Waals surface area contributed by atoms with Gasteiger partial charge in [0.25, 0.3) is 10.0 Å². The molecule has 1 aromatic carbocycles. The molecule has 0 bridgehead atoms. The van der Waals surface area contributed by atoms with Gasteiger partial charge in [0.05, 0.1) is 4.90 Å². The molecule has 100 valence electrons.